The molecule has 2 heterocycles. The lowest BCUT2D eigenvalue weighted by Crippen LogP contribution is -2.37. The summed E-state index contributed by atoms with van der Waals surface area (Å²) in [5, 5.41) is 5.09. The van der Waals surface area contributed by atoms with Gasteiger partial charge in [0, 0.05) is 24.5 Å². The van der Waals surface area contributed by atoms with Crippen LogP contribution in [-0.4, -0.2) is 22.4 Å². The summed E-state index contributed by atoms with van der Waals surface area (Å²) in [6.07, 6.45) is 4.42. The highest BCUT2D eigenvalue weighted by Gasteiger charge is 2.27. The largest absolute Gasteiger partial charge is 0.344 e. The van der Waals surface area contributed by atoms with Crippen molar-refractivity contribution < 1.29 is 14.0 Å². The smallest absolute Gasteiger partial charge is 0.247 e. The summed E-state index contributed by atoms with van der Waals surface area (Å²) in [5.41, 5.74) is 0.847. The quantitative estimate of drug-likeness (QED) is 0.904. The third-order valence-corrected chi connectivity index (χ3v) is 3.42. The van der Waals surface area contributed by atoms with Gasteiger partial charge in [-0.3, -0.25) is 9.59 Å². The average molecular weight is 287 g/mol. The zero-order valence-corrected chi connectivity index (χ0v) is 11.2. The minimum atomic E-state index is -0.591. The highest BCUT2D eigenvalue weighted by Crippen LogP contribution is 2.20. The van der Waals surface area contributed by atoms with Crippen LogP contribution in [-0.2, 0) is 9.59 Å². The van der Waals surface area contributed by atoms with E-state index in [0.29, 0.717) is 12.8 Å². The SMILES string of the molecule is O=C1CC[C@@H](C(=O)Nc2cc(-n3cccc3)ccc2F)N1. The first kappa shape index (κ1) is 13.4. The number of carbonyl (C=O) groups excluding carboxylic acids is 2. The van der Waals surface area contributed by atoms with E-state index in [2.05, 4.69) is 10.6 Å². The normalized spacial score (nSPS) is 17.6. The van der Waals surface area contributed by atoms with Crippen molar-refractivity contribution in [1.82, 2.24) is 9.88 Å². The van der Waals surface area contributed by atoms with E-state index in [4.69, 9.17) is 0 Å². The molecule has 1 fully saturated rings. The number of hydrogen-bond acceptors (Lipinski definition) is 2. The number of hydrogen-bond donors (Lipinski definition) is 2. The van der Waals surface area contributed by atoms with Gasteiger partial charge in [0.2, 0.25) is 11.8 Å². The van der Waals surface area contributed by atoms with Gasteiger partial charge in [-0.25, -0.2) is 4.39 Å². The van der Waals surface area contributed by atoms with E-state index in [9.17, 15) is 14.0 Å². The Balaban J connectivity index is 1.80. The molecule has 2 N–H and O–H groups in total. The molecule has 1 atom stereocenters. The lowest BCUT2D eigenvalue weighted by molar-refractivity contribution is -0.122. The number of rotatable bonds is 3. The van der Waals surface area contributed by atoms with Crippen LogP contribution in [0.5, 0.6) is 0 Å². The predicted molar refractivity (Wildman–Crippen MR) is 75.5 cm³/mol. The second-order valence-corrected chi connectivity index (χ2v) is 4.90. The number of nitrogens with zero attached hydrogens (tertiary/aromatic N) is 1. The van der Waals surface area contributed by atoms with Crippen LogP contribution < -0.4 is 10.6 Å². The lowest BCUT2D eigenvalue weighted by Gasteiger charge is -2.13. The van der Waals surface area contributed by atoms with Crippen LogP contribution in [0.25, 0.3) is 5.69 Å². The lowest BCUT2D eigenvalue weighted by atomic mass is 10.2. The molecular formula is C15H14FN3O2. The van der Waals surface area contributed by atoms with E-state index in [0.717, 1.165) is 5.69 Å². The summed E-state index contributed by atoms with van der Waals surface area (Å²) in [7, 11) is 0. The molecule has 0 spiro atoms. The molecule has 1 aromatic heterocycles. The Hall–Kier alpha value is -2.63. The molecule has 1 aromatic carbocycles. The summed E-state index contributed by atoms with van der Waals surface area (Å²) in [6, 6.07) is 7.61. The first-order valence-electron chi connectivity index (χ1n) is 6.66. The van der Waals surface area contributed by atoms with Crippen molar-refractivity contribution in [3.8, 4) is 5.69 Å². The van der Waals surface area contributed by atoms with Gasteiger partial charge in [0.1, 0.15) is 11.9 Å². The van der Waals surface area contributed by atoms with E-state index in [1.54, 1.807) is 12.1 Å². The maximum Gasteiger partial charge on any atom is 0.247 e. The molecule has 1 aliphatic heterocycles. The third kappa shape index (κ3) is 2.79. The first-order valence-corrected chi connectivity index (χ1v) is 6.66. The maximum atomic E-state index is 13.8. The van der Waals surface area contributed by atoms with Crippen molar-refractivity contribution in [2.24, 2.45) is 0 Å². The minimum absolute atomic E-state index is 0.104. The molecule has 0 bridgehead atoms. The molecule has 2 amide bonds. The molecule has 108 valence electrons. The predicted octanol–water partition coefficient (Wildman–Crippen LogP) is 1.83. The van der Waals surface area contributed by atoms with Gasteiger partial charge in [0.15, 0.2) is 0 Å². The Kier molecular flexibility index (Phi) is 3.43. The Morgan fingerprint density at radius 1 is 1.33 bits per heavy atom. The van der Waals surface area contributed by atoms with Gasteiger partial charge in [-0.05, 0) is 36.8 Å². The molecular weight excluding hydrogens is 273 g/mol. The molecule has 0 radical (unpaired) electrons. The van der Waals surface area contributed by atoms with Crippen LogP contribution >= 0.6 is 0 Å². The fraction of sp³-hybridized carbons (Fsp3) is 0.200. The van der Waals surface area contributed by atoms with E-state index in [1.807, 2.05) is 29.1 Å². The summed E-state index contributed by atoms with van der Waals surface area (Å²) < 4.78 is 15.6. The first-order chi connectivity index (χ1) is 10.1. The van der Waals surface area contributed by atoms with Crippen LogP contribution in [0.15, 0.2) is 42.7 Å². The Labute approximate surface area is 120 Å². The molecule has 0 saturated carbocycles. The number of nitrogens with one attached hydrogen (secondary N) is 2. The molecule has 1 saturated heterocycles. The summed E-state index contributed by atoms with van der Waals surface area (Å²) in [5.74, 6) is -1.07. The zero-order chi connectivity index (χ0) is 14.8. The number of amides is 2. The van der Waals surface area contributed by atoms with Crippen molar-refractivity contribution in [1.29, 1.82) is 0 Å². The van der Waals surface area contributed by atoms with Gasteiger partial charge in [-0.15, -0.1) is 0 Å². The van der Waals surface area contributed by atoms with Crippen molar-refractivity contribution in [2.75, 3.05) is 5.32 Å². The second-order valence-electron chi connectivity index (χ2n) is 4.90. The molecule has 5 nitrogen and oxygen atoms in total. The summed E-state index contributed by atoms with van der Waals surface area (Å²) >= 11 is 0. The standard InChI is InChI=1S/C15H14FN3O2/c16-11-4-3-10(19-7-1-2-8-19)9-13(11)18-15(21)12-5-6-14(20)17-12/h1-4,7-9,12H,5-6H2,(H,17,20)(H,18,21)/t12-/m0/s1. The fourth-order valence-electron chi connectivity index (χ4n) is 2.31. The van der Waals surface area contributed by atoms with Crippen molar-refractivity contribution >= 4 is 17.5 Å². The maximum absolute atomic E-state index is 13.8. The third-order valence-electron chi connectivity index (χ3n) is 3.42. The highest BCUT2D eigenvalue weighted by molar-refractivity contribution is 5.99. The Morgan fingerprint density at radius 3 is 2.76 bits per heavy atom. The van der Waals surface area contributed by atoms with Crippen LogP contribution in [0.2, 0.25) is 0 Å². The van der Waals surface area contributed by atoms with Crippen LogP contribution in [0.4, 0.5) is 10.1 Å². The van der Waals surface area contributed by atoms with Gasteiger partial charge in [0.05, 0.1) is 5.69 Å². The van der Waals surface area contributed by atoms with Crippen molar-refractivity contribution in [3.05, 3.63) is 48.5 Å². The van der Waals surface area contributed by atoms with Gasteiger partial charge in [-0.2, -0.15) is 0 Å². The highest BCUT2D eigenvalue weighted by atomic mass is 19.1. The molecule has 0 unspecified atom stereocenters. The van der Waals surface area contributed by atoms with Gasteiger partial charge >= 0.3 is 0 Å². The van der Waals surface area contributed by atoms with E-state index in [-0.39, 0.29) is 11.6 Å². The molecule has 0 aliphatic carbocycles. The fourth-order valence-corrected chi connectivity index (χ4v) is 2.31. The molecule has 21 heavy (non-hydrogen) atoms. The number of anilines is 1. The molecule has 2 aromatic rings. The number of benzene rings is 1. The Morgan fingerprint density at radius 2 is 2.10 bits per heavy atom. The number of halogens is 1. The van der Waals surface area contributed by atoms with Crippen molar-refractivity contribution in [2.45, 2.75) is 18.9 Å². The van der Waals surface area contributed by atoms with Crippen LogP contribution in [0, 0.1) is 5.82 Å². The van der Waals surface area contributed by atoms with Gasteiger partial charge in [0.25, 0.3) is 0 Å². The molecule has 1 aliphatic rings. The minimum Gasteiger partial charge on any atom is -0.344 e. The number of carbonyl (C=O) groups is 2. The van der Waals surface area contributed by atoms with E-state index >= 15 is 0 Å². The topological polar surface area (TPSA) is 63.1 Å². The average Bonchev–Trinajstić information content (AvgIpc) is 3.12. The van der Waals surface area contributed by atoms with E-state index < -0.39 is 17.8 Å². The Bertz CT molecular complexity index is 682. The summed E-state index contributed by atoms with van der Waals surface area (Å²) in [6.45, 7) is 0. The summed E-state index contributed by atoms with van der Waals surface area (Å²) in [4.78, 5) is 23.1. The van der Waals surface area contributed by atoms with Crippen LogP contribution in [0.3, 0.4) is 0 Å². The van der Waals surface area contributed by atoms with Gasteiger partial charge < -0.3 is 15.2 Å². The van der Waals surface area contributed by atoms with Crippen LogP contribution in [0.1, 0.15) is 12.8 Å². The molecule has 3 rings (SSSR count). The molecule has 6 heteroatoms. The number of aromatic nitrogens is 1. The van der Waals surface area contributed by atoms with Gasteiger partial charge in [-0.1, -0.05) is 0 Å². The van der Waals surface area contributed by atoms with E-state index in [1.165, 1.54) is 6.07 Å². The second kappa shape index (κ2) is 5.40. The zero-order valence-electron chi connectivity index (χ0n) is 11.2. The monoisotopic (exact) mass is 287 g/mol. The van der Waals surface area contributed by atoms with Crippen molar-refractivity contribution in [3.63, 3.8) is 0 Å².